The van der Waals surface area contributed by atoms with Crippen LogP contribution in [0.1, 0.15) is 28.8 Å². The Balaban J connectivity index is 1.65. The number of benzene rings is 3. The maximum Gasteiger partial charge on any atom is 0.416 e. The molecule has 1 amide bonds. The fourth-order valence-electron chi connectivity index (χ4n) is 3.50. The summed E-state index contributed by atoms with van der Waals surface area (Å²) in [5.41, 5.74) is 0.955. The molecule has 7 nitrogen and oxygen atoms in total. The second kappa shape index (κ2) is 11.7. The molecule has 0 aromatic heterocycles. The van der Waals surface area contributed by atoms with Crippen LogP contribution < -0.4 is 10.0 Å². The van der Waals surface area contributed by atoms with E-state index >= 15 is 0 Å². The van der Waals surface area contributed by atoms with E-state index in [0.29, 0.717) is 24.0 Å². The minimum atomic E-state index is -4.42. The number of sulfonamides is 1. The van der Waals surface area contributed by atoms with E-state index in [1.807, 2.05) is 19.0 Å². The third-order valence-electron chi connectivity index (χ3n) is 5.48. The minimum absolute atomic E-state index is 0.0527. The molecule has 3 N–H and O–H groups in total. The summed E-state index contributed by atoms with van der Waals surface area (Å²) in [5, 5.41) is 12.7. The van der Waals surface area contributed by atoms with Crippen molar-refractivity contribution in [3.63, 3.8) is 0 Å². The van der Waals surface area contributed by atoms with E-state index in [1.165, 1.54) is 42.5 Å². The fraction of sp³-hybridized carbons (Fsp3) is 0.269. The first kappa shape index (κ1) is 28.0. The highest BCUT2D eigenvalue weighted by atomic mass is 32.2. The van der Waals surface area contributed by atoms with Gasteiger partial charge in [-0.05, 0) is 87.1 Å². The summed E-state index contributed by atoms with van der Waals surface area (Å²) in [4.78, 5) is 14.6. The quantitative estimate of drug-likeness (QED) is 0.183. The molecule has 37 heavy (non-hydrogen) atoms. The number of carbonyl (C=O) groups excluding carboxylic acids is 1. The first-order chi connectivity index (χ1) is 17.3. The van der Waals surface area contributed by atoms with Gasteiger partial charge in [0, 0.05) is 11.3 Å². The average molecular weight is 536 g/mol. The molecule has 11 heteroatoms. The van der Waals surface area contributed by atoms with Crippen LogP contribution in [0.3, 0.4) is 0 Å². The predicted octanol–water partition coefficient (Wildman–Crippen LogP) is 5.41. The summed E-state index contributed by atoms with van der Waals surface area (Å²) in [6.07, 6.45) is -3.26. The molecular formula is C26H28F3N3O4S. The SMILES string of the molecule is CN(C)CCCCS(=O)(=O)Nc1cc(NC(=O)c2ccc(-c3ccc(C(F)(F)F)cc3)cc2)ccc1O. The Morgan fingerprint density at radius 3 is 2.08 bits per heavy atom. The van der Waals surface area contributed by atoms with Gasteiger partial charge in [-0.1, -0.05) is 24.3 Å². The number of phenols is 1. The molecular weight excluding hydrogens is 507 g/mol. The van der Waals surface area contributed by atoms with E-state index in [4.69, 9.17) is 0 Å². The van der Waals surface area contributed by atoms with Gasteiger partial charge in [-0.25, -0.2) is 8.42 Å². The van der Waals surface area contributed by atoms with E-state index in [2.05, 4.69) is 10.0 Å². The molecule has 3 rings (SSSR count). The molecule has 0 bridgehead atoms. The summed E-state index contributed by atoms with van der Waals surface area (Å²) in [5.74, 6) is -0.875. The number of nitrogens with zero attached hydrogens (tertiary/aromatic N) is 1. The smallest absolute Gasteiger partial charge is 0.416 e. The van der Waals surface area contributed by atoms with Crippen molar-refractivity contribution in [3.05, 3.63) is 77.9 Å². The van der Waals surface area contributed by atoms with Crippen LogP contribution in [-0.2, 0) is 16.2 Å². The van der Waals surface area contributed by atoms with E-state index in [9.17, 15) is 31.5 Å². The molecule has 0 heterocycles. The summed E-state index contributed by atoms with van der Waals surface area (Å²) in [6, 6.07) is 15.0. The van der Waals surface area contributed by atoms with Crippen LogP contribution in [0.2, 0.25) is 0 Å². The lowest BCUT2D eigenvalue weighted by Gasteiger charge is -2.13. The molecule has 0 saturated carbocycles. The second-order valence-corrected chi connectivity index (χ2v) is 10.6. The predicted molar refractivity (Wildman–Crippen MR) is 138 cm³/mol. The second-order valence-electron chi connectivity index (χ2n) is 8.77. The van der Waals surface area contributed by atoms with Gasteiger partial charge in [0.1, 0.15) is 5.75 Å². The van der Waals surface area contributed by atoms with Gasteiger partial charge in [0.25, 0.3) is 5.91 Å². The number of halogens is 3. The van der Waals surface area contributed by atoms with Crippen LogP contribution >= 0.6 is 0 Å². The highest BCUT2D eigenvalue weighted by Gasteiger charge is 2.30. The molecule has 3 aromatic rings. The topological polar surface area (TPSA) is 98.7 Å². The van der Waals surface area contributed by atoms with Gasteiger partial charge >= 0.3 is 6.18 Å². The normalized spacial score (nSPS) is 11.9. The zero-order valence-electron chi connectivity index (χ0n) is 20.3. The Hall–Kier alpha value is -3.57. The average Bonchev–Trinajstić information content (AvgIpc) is 2.83. The number of carbonyl (C=O) groups is 1. The van der Waals surface area contributed by atoms with Gasteiger partial charge in [-0.15, -0.1) is 0 Å². The van der Waals surface area contributed by atoms with Gasteiger partial charge < -0.3 is 15.3 Å². The number of alkyl halides is 3. The molecule has 0 fully saturated rings. The van der Waals surface area contributed by atoms with Crippen LogP contribution in [0.4, 0.5) is 24.5 Å². The Labute approximate surface area is 214 Å². The molecule has 0 aliphatic heterocycles. The molecule has 198 valence electrons. The molecule has 0 aliphatic rings. The number of aromatic hydroxyl groups is 1. The van der Waals surface area contributed by atoms with E-state index in [0.717, 1.165) is 18.7 Å². The summed E-state index contributed by atoms with van der Waals surface area (Å²) in [7, 11) is 0.104. The third kappa shape index (κ3) is 8.22. The van der Waals surface area contributed by atoms with Crippen LogP contribution in [0, 0.1) is 0 Å². The molecule has 0 aliphatic carbocycles. The first-order valence-corrected chi connectivity index (χ1v) is 13.1. The van der Waals surface area contributed by atoms with E-state index in [1.54, 1.807) is 12.1 Å². The summed E-state index contributed by atoms with van der Waals surface area (Å²) in [6.45, 7) is 0.758. The number of nitrogens with one attached hydrogen (secondary N) is 2. The minimum Gasteiger partial charge on any atom is -0.506 e. The van der Waals surface area contributed by atoms with Gasteiger partial charge in [0.05, 0.1) is 17.0 Å². The number of hydrogen-bond acceptors (Lipinski definition) is 5. The number of unbranched alkanes of at least 4 members (excludes halogenated alkanes) is 1. The zero-order chi connectivity index (χ0) is 27.2. The number of anilines is 2. The Morgan fingerprint density at radius 2 is 1.51 bits per heavy atom. The van der Waals surface area contributed by atoms with Crippen LogP contribution in [-0.4, -0.2) is 50.7 Å². The first-order valence-electron chi connectivity index (χ1n) is 11.4. The molecule has 0 unspecified atom stereocenters. The summed E-state index contributed by atoms with van der Waals surface area (Å²) < 4.78 is 65.4. The largest absolute Gasteiger partial charge is 0.506 e. The van der Waals surface area contributed by atoms with Crippen molar-refractivity contribution in [2.24, 2.45) is 0 Å². The zero-order valence-corrected chi connectivity index (χ0v) is 21.2. The van der Waals surface area contributed by atoms with Gasteiger partial charge in [-0.2, -0.15) is 13.2 Å². The van der Waals surface area contributed by atoms with Gasteiger partial charge in [0.2, 0.25) is 10.0 Å². The molecule has 0 atom stereocenters. The maximum absolute atomic E-state index is 12.8. The van der Waals surface area contributed by atoms with Gasteiger partial charge in [-0.3, -0.25) is 9.52 Å². The Kier molecular flexibility index (Phi) is 8.82. The lowest BCUT2D eigenvalue weighted by molar-refractivity contribution is -0.137. The van der Waals surface area contributed by atoms with Crippen molar-refractivity contribution in [3.8, 4) is 16.9 Å². The highest BCUT2D eigenvalue weighted by Crippen LogP contribution is 2.31. The molecule has 0 saturated heterocycles. The number of hydrogen-bond donors (Lipinski definition) is 3. The van der Waals surface area contributed by atoms with Crippen LogP contribution in [0.25, 0.3) is 11.1 Å². The van der Waals surface area contributed by atoms with Crippen LogP contribution in [0.5, 0.6) is 5.75 Å². The Morgan fingerprint density at radius 1 is 0.919 bits per heavy atom. The Bertz CT molecular complexity index is 1320. The van der Waals surface area contributed by atoms with E-state index in [-0.39, 0.29) is 28.4 Å². The van der Waals surface area contributed by atoms with Crippen molar-refractivity contribution < 1.29 is 31.5 Å². The lowest BCUT2D eigenvalue weighted by atomic mass is 10.0. The lowest BCUT2D eigenvalue weighted by Crippen LogP contribution is -2.19. The maximum atomic E-state index is 12.8. The molecule has 0 radical (unpaired) electrons. The monoisotopic (exact) mass is 535 g/mol. The number of rotatable bonds is 10. The fourth-order valence-corrected chi connectivity index (χ4v) is 4.69. The van der Waals surface area contributed by atoms with Crippen molar-refractivity contribution in [2.45, 2.75) is 19.0 Å². The van der Waals surface area contributed by atoms with Crippen molar-refractivity contribution >= 4 is 27.3 Å². The number of amides is 1. The van der Waals surface area contributed by atoms with E-state index < -0.39 is 27.7 Å². The summed E-state index contributed by atoms with van der Waals surface area (Å²) >= 11 is 0. The third-order valence-corrected chi connectivity index (χ3v) is 6.84. The van der Waals surface area contributed by atoms with Crippen molar-refractivity contribution in [2.75, 3.05) is 36.4 Å². The number of phenolic OH excluding ortho intramolecular Hbond substituents is 1. The van der Waals surface area contributed by atoms with Crippen molar-refractivity contribution in [1.29, 1.82) is 0 Å². The van der Waals surface area contributed by atoms with Crippen LogP contribution in [0.15, 0.2) is 66.7 Å². The highest BCUT2D eigenvalue weighted by molar-refractivity contribution is 7.92. The molecule has 0 spiro atoms. The van der Waals surface area contributed by atoms with Gasteiger partial charge in [0.15, 0.2) is 0 Å². The molecule has 3 aromatic carbocycles. The standard InChI is InChI=1S/C26H28F3N3O4S/c1-32(2)15-3-4-16-37(35,36)31-23-17-22(13-14-24(23)33)30-25(34)20-7-5-18(6-8-20)19-9-11-21(12-10-19)26(27,28)29/h5-14,17,31,33H,3-4,15-16H2,1-2H3,(H,30,34). The van der Waals surface area contributed by atoms with Crippen molar-refractivity contribution in [1.82, 2.24) is 4.90 Å².